The molecule has 1 heterocycles. The van der Waals surface area contributed by atoms with Crippen molar-refractivity contribution < 1.29 is 9.15 Å². The summed E-state index contributed by atoms with van der Waals surface area (Å²) in [5, 5.41) is 3.15. The van der Waals surface area contributed by atoms with E-state index in [9.17, 15) is 0 Å². The molecule has 18 heavy (non-hydrogen) atoms. The maximum absolute atomic E-state index is 5.78. The number of furan rings is 1. The minimum Gasteiger partial charge on any atom is -0.465 e. The predicted molar refractivity (Wildman–Crippen MR) is 73.7 cm³/mol. The van der Waals surface area contributed by atoms with Gasteiger partial charge in [-0.1, -0.05) is 6.92 Å². The van der Waals surface area contributed by atoms with E-state index in [-0.39, 0.29) is 0 Å². The van der Waals surface area contributed by atoms with Gasteiger partial charge in [-0.05, 0) is 33.5 Å². The van der Waals surface area contributed by atoms with Gasteiger partial charge >= 0.3 is 0 Å². The Labute approximate surface area is 110 Å². The number of aryl methyl sites for hydroxylation is 1. The molecule has 0 aliphatic carbocycles. The normalized spacial score (nSPS) is 11.4. The monoisotopic (exact) mass is 254 g/mol. The van der Waals surface area contributed by atoms with Gasteiger partial charge in [-0.25, -0.2) is 0 Å². The number of hydrogen-bond acceptors (Lipinski definition) is 4. The smallest absolute Gasteiger partial charge is 0.118 e. The van der Waals surface area contributed by atoms with E-state index in [0.29, 0.717) is 0 Å². The first-order chi connectivity index (χ1) is 8.71. The van der Waals surface area contributed by atoms with Gasteiger partial charge < -0.3 is 14.5 Å². The van der Waals surface area contributed by atoms with Crippen LogP contribution in [0.3, 0.4) is 0 Å². The van der Waals surface area contributed by atoms with Crippen molar-refractivity contribution in [3.8, 4) is 0 Å². The van der Waals surface area contributed by atoms with E-state index in [1.165, 1.54) is 5.56 Å². The molecule has 0 bridgehead atoms. The first kappa shape index (κ1) is 15.2. The predicted octanol–water partition coefficient (Wildman–Crippen LogP) is 2.17. The Morgan fingerprint density at radius 3 is 2.78 bits per heavy atom. The fraction of sp³-hybridized carbons (Fsp3) is 0.714. The first-order valence-electron chi connectivity index (χ1n) is 6.74. The maximum atomic E-state index is 5.78. The Kier molecular flexibility index (Phi) is 7.01. The fourth-order valence-electron chi connectivity index (χ4n) is 1.94. The van der Waals surface area contributed by atoms with E-state index in [4.69, 9.17) is 9.15 Å². The lowest BCUT2D eigenvalue weighted by molar-refractivity contribution is 0.110. The molecule has 4 nitrogen and oxygen atoms in total. The summed E-state index contributed by atoms with van der Waals surface area (Å²) in [5.41, 5.74) is 1.24. The lowest BCUT2D eigenvalue weighted by Crippen LogP contribution is -2.26. The minimum atomic E-state index is 0.781. The molecular formula is C14H26N2O2. The summed E-state index contributed by atoms with van der Waals surface area (Å²) in [4.78, 5) is 2.33. The molecule has 1 rings (SSSR count). The number of nitrogens with zero attached hydrogens (tertiary/aromatic N) is 1. The molecule has 4 heteroatoms. The van der Waals surface area contributed by atoms with Crippen molar-refractivity contribution in [2.24, 2.45) is 0 Å². The molecular weight excluding hydrogens is 228 g/mol. The van der Waals surface area contributed by atoms with Crippen LogP contribution in [0.2, 0.25) is 0 Å². The van der Waals surface area contributed by atoms with Gasteiger partial charge in [0.05, 0.1) is 13.2 Å². The molecule has 1 aromatic rings. The van der Waals surface area contributed by atoms with Crippen molar-refractivity contribution in [3.05, 3.63) is 23.2 Å². The van der Waals surface area contributed by atoms with E-state index < -0.39 is 0 Å². The van der Waals surface area contributed by atoms with Gasteiger partial charge in [0.1, 0.15) is 11.5 Å². The molecule has 0 aliphatic heterocycles. The Morgan fingerprint density at radius 1 is 1.39 bits per heavy atom. The summed E-state index contributed by atoms with van der Waals surface area (Å²) in [7, 11) is 1.95. The zero-order valence-corrected chi connectivity index (χ0v) is 12.1. The van der Waals surface area contributed by atoms with Crippen molar-refractivity contribution in [2.45, 2.75) is 33.9 Å². The molecule has 0 amide bonds. The van der Waals surface area contributed by atoms with Crippen LogP contribution in [0.5, 0.6) is 0 Å². The highest BCUT2D eigenvalue weighted by Crippen LogP contribution is 2.16. The Bertz CT molecular complexity index is 337. The average molecular weight is 254 g/mol. The van der Waals surface area contributed by atoms with Gasteiger partial charge in [0.2, 0.25) is 0 Å². The number of nitrogens with one attached hydrogen (secondary N) is 1. The standard InChI is InChI=1S/C14H26N2O2/c1-5-16(7-8-17-6-2)11-14-9-13(10-15-4)12(3)18-14/h9,15H,5-8,10-11H2,1-4H3. The lowest BCUT2D eigenvalue weighted by atomic mass is 10.2. The maximum Gasteiger partial charge on any atom is 0.118 e. The molecule has 0 spiro atoms. The van der Waals surface area contributed by atoms with E-state index >= 15 is 0 Å². The van der Waals surface area contributed by atoms with Crippen LogP contribution in [0.25, 0.3) is 0 Å². The number of hydrogen-bond donors (Lipinski definition) is 1. The summed E-state index contributed by atoms with van der Waals surface area (Å²) in [6.07, 6.45) is 0. The molecule has 104 valence electrons. The van der Waals surface area contributed by atoms with Gasteiger partial charge in [0.15, 0.2) is 0 Å². The van der Waals surface area contributed by atoms with Crippen LogP contribution < -0.4 is 5.32 Å². The quantitative estimate of drug-likeness (QED) is 0.685. The molecule has 0 saturated carbocycles. The highest BCUT2D eigenvalue weighted by atomic mass is 16.5. The van der Waals surface area contributed by atoms with E-state index in [1.54, 1.807) is 0 Å². The Hall–Kier alpha value is -0.840. The number of likely N-dealkylation sites (N-methyl/N-ethyl adjacent to an activating group) is 1. The summed E-state index contributed by atoms with van der Waals surface area (Å²) in [6.45, 7) is 11.4. The van der Waals surface area contributed by atoms with Gasteiger partial charge in [-0.2, -0.15) is 0 Å². The third-order valence-corrected chi connectivity index (χ3v) is 3.02. The lowest BCUT2D eigenvalue weighted by Gasteiger charge is -2.18. The van der Waals surface area contributed by atoms with Crippen molar-refractivity contribution in [1.82, 2.24) is 10.2 Å². The molecule has 0 radical (unpaired) electrons. The highest BCUT2D eigenvalue weighted by Gasteiger charge is 2.10. The Balaban J connectivity index is 2.50. The zero-order chi connectivity index (χ0) is 13.4. The third-order valence-electron chi connectivity index (χ3n) is 3.02. The van der Waals surface area contributed by atoms with E-state index in [0.717, 1.165) is 50.9 Å². The molecule has 0 atom stereocenters. The van der Waals surface area contributed by atoms with Crippen LogP contribution in [0, 0.1) is 6.92 Å². The topological polar surface area (TPSA) is 37.6 Å². The molecule has 0 saturated heterocycles. The van der Waals surface area contributed by atoms with Crippen LogP contribution in [0.1, 0.15) is 30.9 Å². The van der Waals surface area contributed by atoms with Crippen LogP contribution in [-0.2, 0) is 17.8 Å². The van der Waals surface area contributed by atoms with Gasteiger partial charge in [-0.3, -0.25) is 4.90 Å². The average Bonchev–Trinajstić information content (AvgIpc) is 2.69. The van der Waals surface area contributed by atoms with Crippen molar-refractivity contribution >= 4 is 0 Å². The van der Waals surface area contributed by atoms with Crippen molar-refractivity contribution in [1.29, 1.82) is 0 Å². The molecule has 0 unspecified atom stereocenters. The second-order valence-electron chi connectivity index (χ2n) is 4.39. The molecule has 1 aromatic heterocycles. The van der Waals surface area contributed by atoms with Crippen LogP contribution in [0.15, 0.2) is 10.5 Å². The van der Waals surface area contributed by atoms with Crippen LogP contribution in [-0.4, -0.2) is 38.3 Å². The molecule has 1 N–H and O–H groups in total. The SMILES string of the molecule is CCOCCN(CC)Cc1cc(CNC)c(C)o1. The van der Waals surface area contributed by atoms with Gasteiger partial charge in [0.25, 0.3) is 0 Å². The second kappa shape index (κ2) is 8.29. The van der Waals surface area contributed by atoms with Crippen LogP contribution >= 0.6 is 0 Å². The third kappa shape index (κ3) is 4.80. The van der Waals surface area contributed by atoms with Crippen LogP contribution in [0.4, 0.5) is 0 Å². The summed E-state index contributed by atoms with van der Waals surface area (Å²) >= 11 is 0. The largest absolute Gasteiger partial charge is 0.465 e. The first-order valence-corrected chi connectivity index (χ1v) is 6.74. The number of ether oxygens (including phenoxy) is 1. The molecule has 0 aliphatic rings. The molecule has 0 aromatic carbocycles. The van der Waals surface area contributed by atoms with Gasteiger partial charge in [0, 0.05) is 25.3 Å². The summed E-state index contributed by atoms with van der Waals surface area (Å²) in [6, 6.07) is 2.15. The fourth-order valence-corrected chi connectivity index (χ4v) is 1.94. The number of rotatable bonds is 9. The summed E-state index contributed by atoms with van der Waals surface area (Å²) in [5.74, 6) is 2.05. The van der Waals surface area contributed by atoms with E-state index in [1.807, 2.05) is 20.9 Å². The Morgan fingerprint density at radius 2 is 2.17 bits per heavy atom. The van der Waals surface area contributed by atoms with E-state index in [2.05, 4.69) is 23.2 Å². The van der Waals surface area contributed by atoms with Gasteiger partial charge in [-0.15, -0.1) is 0 Å². The second-order valence-corrected chi connectivity index (χ2v) is 4.39. The van der Waals surface area contributed by atoms with Crippen molar-refractivity contribution in [2.75, 3.05) is 33.4 Å². The van der Waals surface area contributed by atoms with Crippen molar-refractivity contribution in [3.63, 3.8) is 0 Å². The summed E-state index contributed by atoms with van der Waals surface area (Å²) < 4.78 is 11.2. The highest BCUT2D eigenvalue weighted by molar-refractivity contribution is 5.20. The molecule has 0 fully saturated rings. The zero-order valence-electron chi connectivity index (χ0n) is 12.1. The minimum absolute atomic E-state index is 0.781.